The summed E-state index contributed by atoms with van der Waals surface area (Å²) in [5.41, 5.74) is 1.71. The zero-order chi connectivity index (χ0) is 18.8. The van der Waals surface area contributed by atoms with E-state index in [1.165, 1.54) is 0 Å². The summed E-state index contributed by atoms with van der Waals surface area (Å²) in [4.78, 5) is 14.4. The first-order valence-corrected chi connectivity index (χ1v) is 10.4. The Balaban J connectivity index is 1.49. The van der Waals surface area contributed by atoms with Crippen molar-refractivity contribution in [1.82, 2.24) is 9.62 Å². The first kappa shape index (κ1) is 19.3. The fraction of sp³-hybridized carbons (Fsp3) is 0.611. The van der Waals surface area contributed by atoms with E-state index in [0.29, 0.717) is 44.7 Å². The van der Waals surface area contributed by atoms with Crippen LogP contribution in [0.25, 0.3) is 0 Å². The Morgan fingerprint density at radius 1 is 1.19 bits per heavy atom. The Bertz CT molecular complexity index is 762. The molecule has 3 rings (SSSR count). The quantitative estimate of drug-likeness (QED) is 0.831. The van der Waals surface area contributed by atoms with Crippen LogP contribution in [-0.2, 0) is 24.3 Å². The predicted molar refractivity (Wildman–Crippen MR) is 96.2 cm³/mol. The number of carbonyl (C=O) groups excluding carboxylic acids is 1. The van der Waals surface area contributed by atoms with Crippen molar-refractivity contribution in [3.05, 3.63) is 29.3 Å². The van der Waals surface area contributed by atoms with Gasteiger partial charge >= 0.3 is 0 Å². The average molecular weight is 382 g/mol. The molecule has 2 fully saturated rings. The van der Waals surface area contributed by atoms with Crippen molar-refractivity contribution in [2.24, 2.45) is 0 Å². The zero-order valence-corrected chi connectivity index (χ0v) is 16.1. The van der Waals surface area contributed by atoms with E-state index in [1.807, 2.05) is 13.0 Å². The van der Waals surface area contributed by atoms with Crippen molar-refractivity contribution in [2.75, 3.05) is 32.8 Å². The van der Waals surface area contributed by atoms with Crippen LogP contribution in [0.3, 0.4) is 0 Å². The van der Waals surface area contributed by atoms with Crippen molar-refractivity contribution in [2.45, 2.75) is 43.8 Å². The van der Waals surface area contributed by atoms with Crippen LogP contribution in [0.1, 0.15) is 30.4 Å². The Labute approximate surface area is 154 Å². The molecule has 2 aliphatic rings. The Morgan fingerprint density at radius 3 is 2.46 bits per heavy atom. The van der Waals surface area contributed by atoms with Gasteiger partial charge in [-0.2, -0.15) is 0 Å². The molecule has 1 aromatic carbocycles. The van der Waals surface area contributed by atoms with Gasteiger partial charge in [-0.05, 0) is 25.5 Å². The first-order valence-electron chi connectivity index (χ1n) is 8.94. The minimum Gasteiger partial charge on any atom is -0.347 e. The molecule has 0 aliphatic carbocycles. The van der Waals surface area contributed by atoms with Crippen LogP contribution in [-0.4, -0.2) is 57.9 Å². The van der Waals surface area contributed by atoms with Crippen molar-refractivity contribution in [1.29, 1.82) is 0 Å². The highest BCUT2D eigenvalue weighted by Crippen LogP contribution is 2.31. The molecule has 1 amide bonds. The lowest BCUT2D eigenvalue weighted by Crippen LogP contribution is -2.47. The second kappa shape index (κ2) is 7.64. The monoisotopic (exact) mass is 382 g/mol. The standard InChI is InChI=1S/C18H26N2O5S/c1-14-3-4-16(15(2)13-14)26(22,23)19-8-5-17(21)20-9-6-18(7-10-20)24-11-12-25-18/h3-4,13,19H,5-12H2,1-2H3. The first-order chi connectivity index (χ1) is 12.3. The van der Waals surface area contributed by atoms with Gasteiger partial charge in [0.05, 0.1) is 18.1 Å². The van der Waals surface area contributed by atoms with Crippen LogP contribution in [0.15, 0.2) is 23.1 Å². The molecule has 0 aromatic heterocycles. The van der Waals surface area contributed by atoms with Crippen molar-refractivity contribution in [3.8, 4) is 0 Å². The third-order valence-electron chi connectivity index (χ3n) is 4.94. The molecular formula is C18H26N2O5S. The molecule has 2 aliphatic heterocycles. The summed E-state index contributed by atoms with van der Waals surface area (Å²) in [6.07, 6.45) is 1.46. The van der Waals surface area contributed by atoms with Crippen LogP contribution in [0.4, 0.5) is 0 Å². The summed E-state index contributed by atoms with van der Waals surface area (Å²) in [5, 5.41) is 0. The number of benzene rings is 1. The highest BCUT2D eigenvalue weighted by molar-refractivity contribution is 7.89. The molecule has 0 saturated carbocycles. The van der Waals surface area contributed by atoms with Gasteiger partial charge in [0, 0.05) is 38.9 Å². The zero-order valence-electron chi connectivity index (χ0n) is 15.3. The van der Waals surface area contributed by atoms with E-state index in [4.69, 9.17) is 9.47 Å². The maximum Gasteiger partial charge on any atom is 0.240 e. The number of carbonyl (C=O) groups is 1. The van der Waals surface area contributed by atoms with Gasteiger partial charge in [-0.25, -0.2) is 13.1 Å². The molecule has 0 atom stereocenters. The van der Waals surface area contributed by atoms with Gasteiger partial charge in [-0.15, -0.1) is 0 Å². The van der Waals surface area contributed by atoms with E-state index in [-0.39, 0.29) is 23.8 Å². The molecule has 2 saturated heterocycles. The highest BCUT2D eigenvalue weighted by atomic mass is 32.2. The van der Waals surface area contributed by atoms with Crippen LogP contribution in [0, 0.1) is 13.8 Å². The number of hydrogen-bond acceptors (Lipinski definition) is 5. The molecule has 0 radical (unpaired) electrons. The number of nitrogens with one attached hydrogen (secondary N) is 1. The summed E-state index contributed by atoms with van der Waals surface area (Å²) in [7, 11) is -3.61. The lowest BCUT2D eigenvalue weighted by Gasteiger charge is -2.37. The van der Waals surface area contributed by atoms with E-state index < -0.39 is 15.8 Å². The number of piperidine rings is 1. The Morgan fingerprint density at radius 2 is 1.85 bits per heavy atom. The smallest absolute Gasteiger partial charge is 0.240 e. The number of aryl methyl sites for hydroxylation is 2. The number of amides is 1. The number of nitrogens with zero attached hydrogens (tertiary/aromatic N) is 1. The molecule has 2 heterocycles. The Hall–Kier alpha value is -1.48. The molecule has 0 unspecified atom stereocenters. The number of rotatable bonds is 5. The Kier molecular flexibility index (Phi) is 5.67. The van der Waals surface area contributed by atoms with Crippen LogP contribution >= 0.6 is 0 Å². The normalized spacial score (nSPS) is 19.8. The predicted octanol–water partition coefficient (Wildman–Crippen LogP) is 1.34. The third kappa shape index (κ3) is 4.25. The van der Waals surface area contributed by atoms with Gasteiger partial charge in [-0.1, -0.05) is 17.7 Å². The number of likely N-dealkylation sites (tertiary alicyclic amines) is 1. The van der Waals surface area contributed by atoms with Crippen LogP contribution in [0.2, 0.25) is 0 Å². The summed E-state index contributed by atoms with van der Waals surface area (Å²) in [6, 6.07) is 5.19. The summed E-state index contributed by atoms with van der Waals surface area (Å²) < 4.78 is 38.7. The molecule has 8 heteroatoms. The van der Waals surface area contributed by atoms with Gasteiger partial charge < -0.3 is 14.4 Å². The van der Waals surface area contributed by atoms with Crippen molar-refractivity contribution in [3.63, 3.8) is 0 Å². The minimum absolute atomic E-state index is 0.0545. The van der Waals surface area contributed by atoms with Crippen LogP contribution < -0.4 is 4.72 Å². The van der Waals surface area contributed by atoms with Crippen molar-refractivity contribution >= 4 is 15.9 Å². The fourth-order valence-corrected chi connectivity index (χ4v) is 4.77. The summed E-state index contributed by atoms with van der Waals surface area (Å²) in [6.45, 7) is 6.13. The molecule has 7 nitrogen and oxygen atoms in total. The maximum atomic E-state index is 12.4. The number of hydrogen-bond donors (Lipinski definition) is 1. The average Bonchev–Trinajstić information content (AvgIpc) is 3.03. The van der Waals surface area contributed by atoms with E-state index in [9.17, 15) is 13.2 Å². The topological polar surface area (TPSA) is 84.9 Å². The molecule has 1 aromatic rings. The maximum absolute atomic E-state index is 12.4. The largest absolute Gasteiger partial charge is 0.347 e. The molecular weight excluding hydrogens is 356 g/mol. The molecule has 26 heavy (non-hydrogen) atoms. The fourth-order valence-electron chi connectivity index (χ4n) is 3.51. The van der Waals surface area contributed by atoms with E-state index >= 15 is 0 Å². The minimum atomic E-state index is -3.61. The third-order valence-corrected chi connectivity index (χ3v) is 6.56. The molecule has 144 valence electrons. The van der Waals surface area contributed by atoms with Crippen LogP contribution in [0.5, 0.6) is 0 Å². The molecule has 1 spiro atoms. The van der Waals surface area contributed by atoms with E-state index in [2.05, 4.69) is 4.72 Å². The molecule has 0 bridgehead atoms. The lowest BCUT2D eigenvalue weighted by molar-refractivity contribution is -0.187. The van der Waals surface area contributed by atoms with E-state index in [1.54, 1.807) is 24.0 Å². The van der Waals surface area contributed by atoms with E-state index in [0.717, 1.165) is 5.56 Å². The van der Waals surface area contributed by atoms with Crippen molar-refractivity contribution < 1.29 is 22.7 Å². The number of sulfonamides is 1. The van der Waals surface area contributed by atoms with Gasteiger partial charge in [0.1, 0.15) is 0 Å². The number of ether oxygens (including phenoxy) is 2. The molecule has 1 N–H and O–H groups in total. The van der Waals surface area contributed by atoms with Gasteiger partial charge in [-0.3, -0.25) is 4.79 Å². The van der Waals surface area contributed by atoms with Gasteiger partial charge in [0.25, 0.3) is 0 Å². The highest BCUT2D eigenvalue weighted by Gasteiger charge is 2.40. The summed E-state index contributed by atoms with van der Waals surface area (Å²) in [5.74, 6) is -0.567. The lowest BCUT2D eigenvalue weighted by atomic mass is 10.0. The summed E-state index contributed by atoms with van der Waals surface area (Å²) >= 11 is 0. The second-order valence-corrected chi connectivity index (χ2v) is 8.64. The second-order valence-electron chi connectivity index (χ2n) is 6.91. The van der Waals surface area contributed by atoms with Gasteiger partial charge in [0.2, 0.25) is 15.9 Å². The van der Waals surface area contributed by atoms with Gasteiger partial charge in [0.15, 0.2) is 5.79 Å². The SMILES string of the molecule is Cc1ccc(S(=O)(=O)NCCC(=O)N2CCC3(CC2)OCCO3)c(C)c1.